The summed E-state index contributed by atoms with van der Waals surface area (Å²) >= 11 is 0. The number of carbonyl (C=O) groups excluding carboxylic acids is 1. The average molecular weight is 536 g/mol. The zero-order valence-corrected chi connectivity index (χ0v) is 23.5. The summed E-state index contributed by atoms with van der Waals surface area (Å²) in [5.41, 5.74) is 7.08. The second-order valence-electron chi connectivity index (χ2n) is 11.1. The molecule has 1 N–H and O–H groups in total. The molecule has 1 fully saturated rings. The number of methoxy groups -OCH3 is 1. The van der Waals surface area contributed by atoms with E-state index < -0.39 is 0 Å². The molecule has 0 saturated carbocycles. The van der Waals surface area contributed by atoms with Gasteiger partial charge in [0.1, 0.15) is 0 Å². The second-order valence-corrected chi connectivity index (χ2v) is 11.1. The Labute approximate surface area is 234 Å². The number of hydrogen-bond donors (Lipinski definition) is 1. The van der Waals surface area contributed by atoms with Gasteiger partial charge in [-0.15, -0.1) is 0 Å². The Balaban J connectivity index is 1.41. The van der Waals surface area contributed by atoms with Crippen molar-refractivity contribution in [3.05, 3.63) is 78.9 Å². The van der Waals surface area contributed by atoms with Gasteiger partial charge in [-0.25, -0.2) is 9.78 Å². The van der Waals surface area contributed by atoms with Gasteiger partial charge in [0.25, 0.3) is 0 Å². The summed E-state index contributed by atoms with van der Waals surface area (Å²) < 4.78 is 7.95. The maximum absolute atomic E-state index is 12.3. The lowest BCUT2D eigenvalue weighted by molar-refractivity contribution is -0.840. The van der Waals surface area contributed by atoms with Crippen LogP contribution in [0.15, 0.2) is 73.3 Å². The first kappa shape index (κ1) is 26.0. The number of aromatic nitrogens is 4. The summed E-state index contributed by atoms with van der Waals surface area (Å²) in [6, 6.07) is 16.9. The van der Waals surface area contributed by atoms with Crippen LogP contribution in [-0.4, -0.2) is 57.2 Å². The highest BCUT2D eigenvalue weighted by atomic mass is 16.5. The molecule has 1 unspecified atom stereocenters. The van der Waals surface area contributed by atoms with E-state index >= 15 is 0 Å². The van der Waals surface area contributed by atoms with Crippen molar-refractivity contribution < 1.29 is 14.0 Å². The van der Waals surface area contributed by atoms with Crippen molar-refractivity contribution in [2.24, 2.45) is 13.0 Å². The highest BCUT2D eigenvalue weighted by Gasteiger charge is 2.37. The lowest BCUT2D eigenvalue weighted by Gasteiger charge is -2.40. The van der Waals surface area contributed by atoms with Crippen molar-refractivity contribution in [2.45, 2.75) is 25.8 Å². The number of benzene rings is 2. The first-order valence-corrected chi connectivity index (χ1v) is 13.8. The SMILES string of the molecule is COc1ccc(C(Nc2cc(-c3ccc4ccn(C)c4c3)c3nccnc3c2)C2CC[N+](C)(C(C)=O)CC2)cn1. The van der Waals surface area contributed by atoms with Crippen LogP contribution in [0, 0.1) is 5.92 Å². The fourth-order valence-electron chi connectivity index (χ4n) is 5.96. The molecule has 1 saturated heterocycles. The molecule has 1 amide bonds. The van der Waals surface area contributed by atoms with Crippen molar-refractivity contribution in [1.82, 2.24) is 19.5 Å². The molecule has 1 aliphatic rings. The maximum Gasteiger partial charge on any atom is 0.310 e. The minimum absolute atomic E-state index is 0.0106. The van der Waals surface area contributed by atoms with Gasteiger partial charge in [-0.1, -0.05) is 18.2 Å². The van der Waals surface area contributed by atoms with Gasteiger partial charge in [0.2, 0.25) is 5.88 Å². The molecule has 0 bridgehead atoms. The number of aryl methyl sites for hydroxylation is 1. The molecule has 40 heavy (non-hydrogen) atoms. The number of quaternary nitrogens is 1. The number of amides is 1. The third-order valence-electron chi connectivity index (χ3n) is 8.64. The smallest absolute Gasteiger partial charge is 0.310 e. The van der Waals surface area contributed by atoms with Crippen LogP contribution in [0.5, 0.6) is 5.88 Å². The van der Waals surface area contributed by atoms with E-state index in [1.807, 2.05) is 19.3 Å². The lowest BCUT2D eigenvalue weighted by Crippen LogP contribution is -2.53. The number of fused-ring (bicyclic) bond motifs is 2. The maximum atomic E-state index is 12.3. The van der Waals surface area contributed by atoms with E-state index in [2.05, 4.69) is 75.6 Å². The third kappa shape index (κ3) is 4.79. The predicted molar refractivity (Wildman–Crippen MR) is 158 cm³/mol. The van der Waals surface area contributed by atoms with Gasteiger partial charge in [0, 0.05) is 67.5 Å². The van der Waals surface area contributed by atoms with Crippen molar-refractivity contribution >= 4 is 33.5 Å². The zero-order chi connectivity index (χ0) is 27.9. The van der Waals surface area contributed by atoms with E-state index in [4.69, 9.17) is 9.72 Å². The number of ether oxygens (including phenoxy) is 1. The molecule has 8 nitrogen and oxygen atoms in total. The molecule has 2 aromatic carbocycles. The van der Waals surface area contributed by atoms with Gasteiger partial charge >= 0.3 is 5.91 Å². The summed E-state index contributed by atoms with van der Waals surface area (Å²) in [7, 11) is 5.74. The minimum Gasteiger partial charge on any atom is -0.481 e. The van der Waals surface area contributed by atoms with Gasteiger partial charge in [-0.3, -0.25) is 14.5 Å². The molecule has 3 aromatic heterocycles. The van der Waals surface area contributed by atoms with Crippen LogP contribution < -0.4 is 10.1 Å². The number of hydrogen-bond acceptors (Lipinski definition) is 6. The molecule has 1 atom stereocenters. The van der Waals surface area contributed by atoms with Gasteiger partial charge in [0.15, 0.2) is 0 Å². The Morgan fingerprint density at radius 1 is 1.05 bits per heavy atom. The van der Waals surface area contributed by atoms with Gasteiger partial charge in [-0.2, -0.15) is 0 Å². The standard InChI is InChI=1S/C32H35N6O2/c1-21(39)38(3)15-10-23(11-16-38)31(25-7-8-30(40-4)35-20-25)36-26-18-27(32-28(19-26)33-12-13-34-32)24-6-5-22-9-14-37(2)29(22)17-24/h5-9,12-14,17-20,23,31,36H,10-11,15-16H2,1-4H3/q+1. The van der Waals surface area contributed by atoms with Crippen LogP contribution in [0.25, 0.3) is 33.1 Å². The topological polar surface area (TPSA) is 81.9 Å². The fourth-order valence-corrected chi connectivity index (χ4v) is 5.96. The van der Waals surface area contributed by atoms with Crippen molar-refractivity contribution in [3.63, 3.8) is 0 Å². The normalized spacial score (nSPS) is 19.9. The fraction of sp³-hybridized carbons (Fsp3) is 0.312. The van der Waals surface area contributed by atoms with Crippen LogP contribution in [-0.2, 0) is 11.8 Å². The zero-order valence-electron chi connectivity index (χ0n) is 23.5. The van der Waals surface area contributed by atoms with Crippen LogP contribution in [0.4, 0.5) is 5.69 Å². The molecule has 204 valence electrons. The number of piperidine rings is 1. The molecule has 4 heterocycles. The van der Waals surface area contributed by atoms with E-state index in [0.717, 1.165) is 59.3 Å². The predicted octanol–water partition coefficient (Wildman–Crippen LogP) is 5.75. The Morgan fingerprint density at radius 3 is 2.58 bits per heavy atom. The largest absolute Gasteiger partial charge is 0.481 e. The molecule has 1 aliphatic heterocycles. The van der Waals surface area contributed by atoms with Gasteiger partial charge in [0.05, 0.1) is 51.2 Å². The highest BCUT2D eigenvalue weighted by molar-refractivity contribution is 5.97. The summed E-state index contributed by atoms with van der Waals surface area (Å²) in [6.45, 7) is 3.35. The number of likely N-dealkylation sites (tertiary alicyclic amines) is 1. The van der Waals surface area contributed by atoms with E-state index in [1.54, 1.807) is 26.4 Å². The van der Waals surface area contributed by atoms with Crippen LogP contribution in [0.2, 0.25) is 0 Å². The Kier molecular flexibility index (Phi) is 6.72. The Morgan fingerprint density at radius 2 is 1.85 bits per heavy atom. The molecule has 0 radical (unpaired) electrons. The average Bonchev–Trinajstić information content (AvgIpc) is 3.36. The molecule has 5 aromatic rings. The molecular weight excluding hydrogens is 500 g/mol. The van der Waals surface area contributed by atoms with Crippen molar-refractivity contribution in [3.8, 4) is 17.0 Å². The Hall–Kier alpha value is -4.30. The van der Waals surface area contributed by atoms with Crippen LogP contribution in [0.3, 0.4) is 0 Å². The minimum atomic E-state index is 0.0106. The van der Waals surface area contributed by atoms with Crippen LogP contribution >= 0.6 is 0 Å². The summed E-state index contributed by atoms with van der Waals surface area (Å²) in [4.78, 5) is 26.2. The van der Waals surface area contributed by atoms with E-state index in [-0.39, 0.29) is 11.9 Å². The number of anilines is 1. The second kappa shape index (κ2) is 10.4. The van der Waals surface area contributed by atoms with Crippen molar-refractivity contribution in [1.29, 1.82) is 0 Å². The van der Waals surface area contributed by atoms with Gasteiger partial charge in [-0.05, 0) is 46.7 Å². The first-order chi connectivity index (χ1) is 19.3. The van der Waals surface area contributed by atoms with E-state index in [9.17, 15) is 4.79 Å². The quantitative estimate of drug-likeness (QED) is 0.279. The number of carbonyl (C=O) groups is 1. The van der Waals surface area contributed by atoms with Crippen molar-refractivity contribution in [2.75, 3.05) is 32.6 Å². The first-order valence-electron chi connectivity index (χ1n) is 13.8. The summed E-state index contributed by atoms with van der Waals surface area (Å²) in [5.74, 6) is 1.15. The monoisotopic (exact) mass is 535 g/mol. The highest BCUT2D eigenvalue weighted by Crippen LogP contribution is 2.38. The third-order valence-corrected chi connectivity index (χ3v) is 8.64. The van der Waals surface area contributed by atoms with E-state index in [1.165, 1.54) is 10.9 Å². The Bertz CT molecular complexity index is 1690. The summed E-state index contributed by atoms with van der Waals surface area (Å²) in [5, 5.41) is 5.06. The molecule has 0 spiro atoms. The lowest BCUT2D eigenvalue weighted by atomic mass is 9.84. The van der Waals surface area contributed by atoms with Gasteiger partial charge < -0.3 is 14.6 Å². The van der Waals surface area contributed by atoms with Crippen LogP contribution in [0.1, 0.15) is 31.4 Å². The molecule has 0 aliphatic carbocycles. The molecule has 8 heteroatoms. The number of pyridine rings is 1. The number of nitrogens with zero attached hydrogens (tertiary/aromatic N) is 5. The van der Waals surface area contributed by atoms with E-state index in [0.29, 0.717) is 16.3 Å². The molecular formula is C32H35N6O2+. The number of nitrogens with one attached hydrogen (secondary N) is 1. The molecule has 6 rings (SSSR count). The number of rotatable bonds is 6. The summed E-state index contributed by atoms with van der Waals surface area (Å²) in [6.07, 6.45) is 9.34.